The normalized spacial score (nSPS) is 11.4. The van der Waals surface area contributed by atoms with Crippen molar-refractivity contribution in [1.82, 2.24) is 9.55 Å². The molecular weight excluding hydrogens is 252 g/mol. The smallest absolute Gasteiger partial charge is 0.294 e. The molecule has 5 heteroatoms. The predicted octanol–water partition coefficient (Wildman–Crippen LogP) is 2.20. The minimum absolute atomic E-state index is 0.141. The molecule has 0 saturated heterocycles. The van der Waals surface area contributed by atoms with E-state index in [0.717, 1.165) is 11.3 Å². The van der Waals surface area contributed by atoms with Crippen molar-refractivity contribution >= 4 is 11.5 Å². The topological polar surface area (TPSA) is 72.9 Å². The molecule has 2 rings (SSSR count). The van der Waals surface area contributed by atoms with Gasteiger partial charge in [0.15, 0.2) is 5.82 Å². The van der Waals surface area contributed by atoms with Gasteiger partial charge in [0.25, 0.3) is 5.56 Å². The molecule has 1 aromatic heterocycles. The second-order valence-corrected chi connectivity index (χ2v) is 5.65. The van der Waals surface area contributed by atoms with Gasteiger partial charge >= 0.3 is 0 Å². The Labute approximate surface area is 118 Å². The lowest BCUT2D eigenvalue weighted by molar-refractivity contribution is 0.383. The van der Waals surface area contributed by atoms with Crippen molar-refractivity contribution < 1.29 is 0 Å². The number of anilines is 2. The molecule has 0 radical (unpaired) electrons. The first kappa shape index (κ1) is 14.3. The van der Waals surface area contributed by atoms with Crippen LogP contribution in [0.4, 0.5) is 11.5 Å². The first-order valence-electron chi connectivity index (χ1n) is 6.56. The molecule has 0 aliphatic heterocycles. The molecule has 0 bridgehead atoms. The average molecular weight is 272 g/mol. The summed E-state index contributed by atoms with van der Waals surface area (Å²) in [6.45, 7) is 6.40. The summed E-state index contributed by atoms with van der Waals surface area (Å²) >= 11 is 0. The van der Waals surface area contributed by atoms with Gasteiger partial charge in [-0.05, 0) is 38.5 Å². The standard InChI is InChI=1S/C15H20N4O/c1-15(2,3)19-8-7-17-13(14(19)20)18-12-6-4-5-11(9-12)10-16/h4-9H,10,16H2,1-3H3,(H,17,18). The van der Waals surface area contributed by atoms with E-state index in [-0.39, 0.29) is 11.1 Å². The number of nitrogens with zero attached hydrogens (tertiary/aromatic N) is 2. The first-order chi connectivity index (χ1) is 9.41. The largest absolute Gasteiger partial charge is 0.336 e. The van der Waals surface area contributed by atoms with Crippen LogP contribution in [0.1, 0.15) is 26.3 Å². The maximum absolute atomic E-state index is 12.4. The molecule has 1 heterocycles. The zero-order valence-corrected chi connectivity index (χ0v) is 12.1. The lowest BCUT2D eigenvalue weighted by atomic mass is 10.1. The number of benzene rings is 1. The Balaban J connectivity index is 2.37. The van der Waals surface area contributed by atoms with Gasteiger partial charge in [0.05, 0.1) is 0 Å². The highest BCUT2D eigenvalue weighted by Gasteiger charge is 2.16. The molecular formula is C15H20N4O. The minimum atomic E-state index is -0.282. The van der Waals surface area contributed by atoms with E-state index in [1.807, 2.05) is 45.0 Å². The third kappa shape index (κ3) is 3.05. The molecule has 5 nitrogen and oxygen atoms in total. The van der Waals surface area contributed by atoms with Gasteiger partial charge in [-0.2, -0.15) is 0 Å². The van der Waals surface area contributed by atoms with Crippen molar-refractivity contribution in [3.8, 4) is 0 Å². The summed E-state index contributed by atoms with van der Waals surface area (Å²) in [6.07, 6.45) is 3.32. The second-order valence-electron chi connectivity index (χ2n) is 5.65. The summed E-state index contributed by atoms with van der Waals surface area (Å²) in [6, 6.07) is 7.64. The zero-order valence-electron chi connectivity index (χ0n) is 12.1. The van der Waals surface area contributed by atoms with E-state index in [4.69, 9.17) is 5.73 Å². The van der Waals surface area contributed by atoms with Crippen molar-refractivity contribution in [2.24, 2.45) is 5.73 Å². The van der Waals surface area contributed by atoms with Crippen molar-refractivity contribution in [1.29, 1.82) is 0 Å². The van der Waals surface area contributed by atoms with E-state index in [2.05, 4.69) is 10.3 Å². The van der Waals surface area contributed by atoms with Crippen LogP contribution in [0.15, 0.2) is 41.5 Å². The fraction of sp³-hybridized carbons (Fsp3) is 0.333. The fourth-order valence-electron chi connectivity index (χ4n) is 1.94. The van der Waals surface area contributed by atoms with Crippen LogP contribution in [-0.4, -0.2) is 9.55 Å². The van der Waals surface area contributed by atoms with Crippen LogP contribution >= 0.6 is 0 Å². The van der Waals surface area contributed by atoms with E-state index >= 15 is 0 Å². The van der Waals surface area contributed by atoms with Gasteiger partial charge in [-0.25, -0.2) is 4.98 Å². The summed E-state index contributed by atoms with van der Waals surface area (Å²) in [5.41, 5.74) is 7.00. The zero-order chi connectivity index (χ0) is 14.8. The summed E-state index contributed by atoms with van der Waals surface area (Å²) < 4.78 is 1.66. The minimum Gasteiger partial charge on any atom is -0.336 e. The van der Waals surface area contributed by atoms with Crippen LogP contribution < -0.4 is 16.6 Å². The molecule has 0 unspecified atom stereocenters. The third-order valence-electron chi connectivity index (χ3n) is 2.99. The van der Waals surface area contributed by atoms with Crippen molar-refractivity contribution in [3.05, 3.63) is 52.6 Å². The van der Waals surface area contributed by atoms with Crippen LogP contribution in [0.2, 0.25) is 0 Å². The molecule has 0 aliphatic rings. The monoisotopic (exact) mass is 272 g/mol. The van der Waals surface area contributed by atoms with E-state index in [9.17, 15) is 4.79 Å². The van der Waals surface area contributed by atoms with Crippen LogP contribution in [0.3, 0.4) is 0 Å². The summed E-state index contributed by atoms with van der Waals surface area (Å²) in [5, 5.41) is 3.06. The Bertz CT molecular complexity index is 655. The summed E-state index contributed by atoms with van der Waals surface area (Å²) in [5.74, 6) is 0.316. The Hall–Kier alpha value is -2.14. The van der Waals surface area contributed by atoms with E-state index in [1.54, 1.807) is 17.0 Å². The van der Waals surface area contributed by atoms with Crippen molar-refractivity contribution in [2.75, 3.05) is 5.32 Å². The molecule has 106 valence electrons. The van der Waals surface area contributed by atoms with Gasteiger partial charge < -0.3 is 15.6 Å². The SMILES string of the molecule is CC(C)(C)n1ccnc(Nc2cccc(CN)c2)c1=O. The van der Waals surface area contributed by atoms with E-state index in [1.165, 1.54) is 0 Å². The second kappa shape index (κ2) is 5.46. The Kier molecular flexibility index (Phi) is 3.90. The average Bonchev–Trinajstić information content (AvgIpc) is 2.40. The van der Waals surface area contributed by atoms with Crippen LogP contribution in [0, 0.1) is 0 Å². The molecule has 0 amide bonds. The Morgan fingerprint density at radius 3 is 2.75 bits per heavy atom. The molecule has 2 aromatic rings. The lowest BCUT2D eigenvalue weighted by Crippen LogP contribution is -2.34. The fourth-order valence-corrected chi connectivity index (χ4v) is 1.94. The van der Waals surface area contributed by atoms with Crippen LogP contribution in [0.25, 0.3) is 0 Å². The van der Waals surface area contributed by atoms with Gasteiger partial charge in [-0.3, -0.25) is 4.79 Å². The number of hydrogen-bond donors (Lipinski definition) is 2. The quantitative estimate of drug-likeness (QED) is 0.898. The van der Waals surface area contributed by atoms with Gasteiger partial charge in [-0.15, -0.1) is 0 Å². The van der Waals surface area contributed by atoms with Gasteiger partial charge in [0.1, 0.15) is 0 Å². The lowest BCUT2D eigenvalue weighted by Gasteiger charge is -2.22. The first-order valence-corrected chi connectivity index (χ1v) is 6.56. The molecule has 0 spiro atoms. The molecule has 0 fully saturated rings. The summed E-state index contributed by atoms with van der Waals surface area (Å²) in [7, 11) is 0. The van der Waals surface area contributed by atoms with Crippen LogP contribution in [-0.2, 0) is 12.1 Å². The van der Waals surface area contributed by atoms with Crippen LogP contribution in [0.5, 0.6) is 0 Å². The highest BCUT2D eigenvalue weighted by molar-refractivity contribution is 5.56. The number of nitrogens with two attached hydrogens (primary N) is 1. The summed E-state index contributed by atoms with van der Waals surface area (Å²) in [4.78, 5) is 16.5. The maximum atomic E-state index is 12.4. The third-order valence-corrected chi connectivity index (χ3v) is 2.99. The number of nitrogens with one attached hydrogen (secondary N) is 1. The van der Waals surface area contributed by atoms with Gasteiger partial charge in [0, 0.05) is 30.2 Å². The molecule has 0 aliphatic carbocycles. The van der Waals surface area contributed by atoms with E-state index < -0.39 is 0 Å². The molecule has 20 heavy (non-hydrogen) atoms. The highest BCUT2D eigenvalue weighted by Crippen LogP contribution is 2.15. The Morgan fingerprint density at radius 1 is 1.35 bits per heavy atom. The molecule has 1 aromatic carbocycles. The molecule has 0 saturated carbocycles. The van der Waals surface area contributed by atoms with Crippen molar-refractivity contribution in [2.45, 2.75) is 32.9 Å². The molecule has 3 N–H and O–H groups in total. The number of hydrogen-bond acceptors (Lipinski definition) is 4. The highest BCUT2D eigenvalue weighted by atomic mass is 16.1. The number of rotatable bonds is 3. The maximum Gasteiger partial charge on any atom is 0.294 e. The van der Waals surface area contributed by atoms with Gasteiger partial charge in [-0.1, -0.05) is 12.1 Å². The van der Waals surface area contributed by atoms with E-state index in [0.29, 0.717) is 12.4 Å². The molecule has 0 atom stereocenters. The van der Waals surface area contributed by atoms with Crippen molar-refractivity contribution in [3.63, 3.8) is 0 Å². The number of aromatic nitrogens is 2. The Morgan fingerprint density at radius 2 is 2.10 bits per heavy atom. The predicted molar refractivity (Wildman–Crippen MR) is 81.1 cm³/mol. The van der Waals surface area contributed by atoms with Gasteiger partial charge in [0.2, 0.25) is 0 Å².